The highest BCUT2D eigenvalue weighted by Gasteiger charge is 2.39. The van der Waals surface area contributed by atoms with Crippen LogP contribution in [0.5, 0.6) is 0 Å². The lowest BCUT2D eigenvalue weighted by atomic mass is 9.95. The first kappa shape index (κ1) is 19.4. The highest BCUT2D eigenvalue weighted by atomic mass is 16.5. The topological polar surface area (TPSA) is 66.9 Å². The number of rotatable bonds is 7. The van der Waals surface area contributed by atoms with Crippen molar-refractivity contribution in [2.24, 2.45) is 5.92 Å². The van der Waals surface area contributed by atoms with Crippen LogP contribution >= 0.6 is 0 Å². The molecule has 0 bridgehead atoms. The van der Waals surface area contributed by atoms with Gasteiger partial charge in [0.25, 0.3) is 0 Å². The summed E-state index contributed by atoms with van der Waals surface area (Å²) >= 11 is 0. The van der Waals surface area contributed by atoms with Crippen molar-refractivity contribution in [3.05, 3.63) is 35.9 Å². The van der Waals surface area contributed by atoms with Gasteiger partial charge in [0, 0.05) is 19.1 Å². The Labute approximate surface area is 160 Å². The van der Waals surface area contributed by atoms with Crippen LogP contribution in [-0.4, -0.2) is 59.9 Å². The number of hydrogen-bond acceptors (Lipinski definition) is 4. The Balaban J connectivity index is 1.59. The minimum atomic E-state index is -0.356. The average Bonchev–Trinajstić information content (AvgIpc) is 3.52. The molecule has 6 nitrogen and oxygen atoms in total. The van der Waals surface area contributed by atoms with Crippen molar-refractivity contribution in [2.75, 3.05) is 26.2 Å². The van der Waals surface area contributed by atoms with E-state index < -0.39 is 0 Å². The van der Waals surface area contributed by atoms with Gasteiger partial charge in [0.05, 0.1) is 18.9 Å². The van der Waals surface area contributed by atoms with Crippen LogP contribution < -0.4 is 0 Å². The second kappa shape index (κ2) is 9.02. The summed E-state index contributed by atoms with van der Waals surface area (Å²) in [7, 11) is 0. The lowest BCUT2D eigenvalue weighted by Crippen LogP contribution is -2.49. The van der Waals surface area contributed by atoms with Gasteiger partial charge in [-0.3, -0.25) is 14.4 Å². The van der Waals surface area contributed by atoms with Crippen LogP contribution in [0.1, 0.15) is 38.2 Å². The summed E-state index contributed by atoms with van der Waals surface area (Å²) in [5.74, 6) is -0.538. The molecule has 1 saturated heterocycles. The number of carbonyl (C=O) groups is 3. The molecule has 1 atom stereocenters. The molecule has 0 N–H and O–H groups in total. The van der Waals surface area contributed by atoms with Gasteiger partial charge in [0.15, 0.2) is 0 Å². The fourth-order valence-electron chi connectivity index (χ4n) is 3.64. The number of esters is 1. The predicted molar refractivity (Wildman–Crippen MR) is 101 cm³/mol. The van der Waals surface area contributed by atoms with Gasteiger partial charge in [-0.15, -0.1) is 0 Å². The summed E-state index contributed by atoms with van der Waals surface area (Å²) in [5, 5.41) is 0. The zero-order valence-electron chi connectivity index (χ0n) is 15.9. The van der Waals surface area contributed by atoms with E-state index in [-0.39, 0.29) is 36.3 Å². The molecule has 2 fully saturated rings. The van der Waals surface area contributed by atoms with E-state index in [2.05, 4.69) is 0 Å². The van der Waals surface area contributed by atoms with E-state index in [0.29, 0.717) is 26.1 Å². The third-order valence-electron chi connectivity index (χ3n) is 5.20. The number of ether oxygens (including phenoxy) is 1. The quantitative estimate of drug-likeness (QED) is 0.687. The molecule has 1 aliphatic carbocycles. The first-order valence-electron chi connectivity index (χ1n) is 9.86. The van der Waals surface area contributed by atoms with Crippen molar-refractivity contribution in [3.8, 4) is 0 Å². The number of benzene rings is 1. The summed E-state index contributed by atoms with van der Waals surface area (Å²) in [6.45, 7) is 3.23. The molecule has 0 radical (unpaired) electrons. The molecule has 3 rings (SSSR count). The van der Waals surface area contributed by atoms with E-state index in [4.69, 9.17) is 4.74 Å². The van der Waals surface area contributed by atoms with Crippen LogP contribution in [0, 0.1) is 5.92 Å². The van der Waals surface area contributed by atoms with E-state index in [1.807, 2.05) is 30.3 Å². The monoisotopic (exact) mass is 372 g/mol. The van der Waals surface area contributed by atoms with E-state index in [0.717, 1.165) is 31.2 Å². The maximum Gasteiger partial charge on any atom is 0.325 e. The molecule has 1 heterocycles. The molecule has 6 heteroatoms. The molecule has 2 amide bonds. The summed E-state index contributed by atoms with van der Waals surface area (Å²) in [5.41, 5.74) is 0.984. The van der Waals surface area contributed by atoms with E-state index in [1.54, 1.807) is 16.7 Å². The standard InChI is InChI=1S/C21H28N2O4/c1-2-27-20(25)15-23(18-10-11-18)21(26)17-9-6-12-22(14-17)19(24)13-16-7-4-3-5-8-16/h3-5,7-8,17-18H,2,6,9-15H2,1H3. The number of likely N-dealkylation sites (tertiary alicyclic amines) is 1. The molecule has 1 aromatic rings. The zero-order chi connectivity index (χ0) is 19.2. The van der Waals surface area contributed by atoms with Crippen LogP contribution in [0.2, 0.25) is 0 Å². The Morgan fingerprint density at radius 2 is 1.89 bits per heavy atom. The molecule has 27 heavy (non-hydrogen) atoms. The van der Waals surface area contributed by atoms with Gasteiger partial charge in [-0.25, -0.2) is 0 Å². The van der Waals surface area contributed by atoms with Crippen LogP contribution in [-0.2, 0) is 25.5 Å². The number of piperidine rings is 1. The highest BCUT2D eigenvalue weighted by Crippen LogP contribution is 2.30. The maximum atomic E-state index is 13.0. The van der Waals surface area contributed by atoms with Gasteiger partial charge >= 0.3 is 5.97 Å². The second-order valence-electron chi connectivity index (χ2n) is 7.34. The van der Waals surface area contributed by atoms with Crippen LogP contribution in [0.15, 0.2) is 30.3 Å². The zero-order valence-corrected chi connectivity index (χ0v) is 15.9. The fourth-order valence-corrected chi connectivity index (χ4v) is 3.64. The minimum Gasteiger partial charge on any atom is -0.465 e. The normalized spacial score (nSPS) is 19.4. The molecule has 0 spiro atoms. The molecule has 1 saturated carbocycles. The van der Waals surface area contributed by atoms with Gasteiger partial charge in [-0.2, -0.15) is 0 Å². The Bertz CT molecular complexity index is 672. The Kier molecular flexibility index (Phi) is 6.48. The maximum absolute atomic E-state index is 13.0. The number of nitrogens with zero attached hydrogens (tertiary/aromatic N) is 2. The van der Waals surface area contributed by atoms with Crippen molar-refractivity contribution < 1.29 is 19.1 Å². The molecule has 146 valence electrons. The lowest BCUT2D eigenvalue weighted by molar-refractivity contribution is -0.152. The van der Waals surface area contributed by atoms with Gasteiger partial charge in [-0.1, -0.05) is 30.3 Å². The third-order valence-corrected chi connectivity index (χ3v) is 5.20. The summed E-state index contributed by atoms with van der Waals surface area (Å²) in [4.78, 5) is 41.0. The molecular formula is C21H28N2O4. The van der Waals surface area contributed by atoms with Crippen molar-refractivity contribution in [1.29, 1.82) is 0 Å². The minimum absolute atomic E-state index is 0.0113. The molecule has 0 aromatic heterocycles. The lowest BCUT2D eigenvalue weighted by Gasteiger charge is -2.35. The van der Waals surface area contributed by atoms with Crippen molar-refractivity contribution in [1.82, 2.24) is 9.80 Å². The number of carbonyl (C=O) groups excluding carboxylic acids is 3. The van der Waals surface area contributed by atoms with Crippen LogP contribution in [0.3, 0.4) is 0 Å². The Morgan fingerprint density at radius 1 is 1.15 bits per heavy atom. The molecule has 2 aliphatic rings. The molecule has 1 aliphatic heterocycles. The Morgan fingerprint density at radius 3 is 2.56 bits per heavy atom. The second-order valence-corrected chi connectivity index (χ2v) is 7.34. The van der Waals surface area contributed by atoms with E-state index in [9.17, 15) is 14.4 Å². The van der Waals surface area contributed by atoms with Crippen LogP contribution in [0.4, 0.5) is 0 Å². The van der Waals surface area contributed by atoms with Gasteiger partial charge < -0.3 is 14.5 Å². The van der Waals surface area contributed by atoms with Crippen LogP contribution in [0.25, 0.3) is 0 Å². The summed E-state index contributed by atoms with van der Waals surface area (Å²) in [6, 6.07) is 9.82. The average molecular weight is 372 g/mol. The SMILES string of the molecule is CCOC(=O)CN(C(=O)C1CCCN(C(=O)Cc2ccccc2)C1)C1CC1. The summed E-state index contributed by atoms with van der Waals surface area (Å²) < 4.78 is 5.02. The van der Waals surface area contributed by atoms with Crippen molar-refractivity contribution in [3.63, 3.8) is 0 Å². The highest BCUT2D eigenvalue weighted by molar-refractivity contribution is 5.85. The molecular weight excluding hydrogens is 344 g/mol. The first-order valence-corrected chi connectivity index (χ1v) is 9.86. The third kappa shape index (κ3) is 5.31. The van der Waals surface area contributed by atoms with E-state index >= 15 is 0 Å². The molecule has 1 aromatic carbocycles. The van der Waals surface area contributed by atoms with Gasteiger partial charge in [0.2, 0.25) is 11.8 Å². The molecule has 1 unspecified atom stereocenters. The van der Waals surface area contributed by atoms with Gasteiger partial charge in [0.1, 0.15) is 6.54 Å². The number of amides is 2. The first-order chi connectivity index (χ1) is 13.1. The largest absolute Gasteiger partial charge is 0.465 e. The van der Waals surface area contributed by atoms with Crippen molar-refractivity contribution >= 4 is 17.8 Å². The van der Waals surface area contributed by atoms with Crippen molar-refractivity contribution in [2.45, 2.75) is 45.1 Å². The smallest absolute Gasteiger partial charge is 0.325 e. The van der Waals surface area contributed by atoms with E-state index in [1.165, 1.54) is 0 Å². The predicted octanol–water partition coefficient (Wildman–Crippen LogP) is 2.02. The number of hydrogen-bond donors (Lipinski definition) is 0. The Hall–Kier alpha value is -2.37. The van der Waals surface area contributed by atoms with Gasteiger partial charge in [-0.05, 0) is 38.2 Å². The fraction of sp³-hybridized carbons (Fsp3) is 0.571. The summed E-state index contributed by atoms with van der Waals surface area (Å²) in [6.07, 6.45) is 3.81.